The first-order valence-corrected chi connectivity index (χ1v) is 3.97. The molecule has 0 radical (unpaired) electrons. The number of aliphatic hydroxyl groups is 1. The molecule has 90 valence electrons. The molecule has 1 aliphatic rings. The van der Waals surface area contributed by atoms with Crippen molar-refractivity contribution in [1.29, 1.82) is 0 Å². The Labute approximate surface area is 80.8 Å². The number of rotatable bonds is 0. The SMILES string of the molecule is CC1(O)CCC(C(F)(F)F)(C(F)(F)F)O1. The van der Waals surface area contributed by atoms with Crippen LogP contribution in [0.5, 0.6) is 0 Å². The molecule has 0 amide bonds. The minimum atomic E-state index is -5.59. The van der Waals surface area contributed by atoms with Gasteiger partial charge >= 0.3 is 12.4 Å². The number of hydrogen-bond acceptors (Lipinski definition) is 2. The van der Waals surface area contributed by atoms with Crippen molar-refractivity contribution in [3.63, 3.8) is 0 Å². The lowest BCUT2D eigenvalue weighted by Gasteiger charge is -2.34. The highest BCUT2D eigenvalue weighted by atomic mass is 19.4. The van der Waals surface area contributed by atoms with E-state index in [1.165, 1.54) is 0 Å². The maximum Gasteiger partial charge on any atom is 0.426 e. The topological polar surface area (TPSA) is 29.5 Å². The van der Waals surface area contributed by atoms with Crippen molar-refractivity contribution in [1.82, 2.24) is 0 Å². The van der Waals surface area contributed by atoms with Gasteiger partial charge in [-0.1, -0.05) is 0 Å². The van der Waals surface area contributed by atoms with Crippen LogP contribution in [-0.2, 0) is 4.74 Å². The van der Waals surface area contributed by atoms with Gasteiger partial charge in [0.1, 0.15) is 0 Å². The van der Waals surface area contributed by atoms with E-state index in [9.17, 15) is 26.3 Å². The van der Waals surface area contributed by atoms with Crippen LogP contribution in [0.2, 0.25) is 0 Å². The summed E-state index contributed by atoms with van der Waals surface area (Å²) in [6.45, 7) is 0.770. The molecule has 0 bridgehead atoms. The second kappa shape index (κ2) is 3.00. The molecule has 8 heteroatoms. The molecule has 2 nitrogen and oxygen atoms in total. The first kappa shape index (κ1) is 12.6. The van der Waals surface area contributed by atoms with Gasteiger partial charge < -0.3 is 9.84 Å². The van der Waals surface area contributed by atoms with Crippen molar-refractivity contribution in [2.45, 2.75) is 43.5 Å². The van der Waals surface area contributed by atoms with Gasteiger partial charge in [0.2, 0.25) is 0 Å². The highest BCUT2D eigenvalue weighted by molar-refractivity contribution is 5.01. The fourth-order valence-electron chi connectivity index (χ4n) is 1.45. The lowest BCUT2D eigenvalue weighted by molar-refractivity contribution is -0.399. The molecular formula is C7H8F6O2. The Morgan fingerprint density at radius 3 is 1.53 bits per heavy atom. The van der Waals surface area contributed by atoms with Crippen LogP contribution in [-0.4, -0.2) is 28.8 Å². The fourth-order valence-corrected chi connectivity index (χ4v) is 1.45. The van der Waals surface area contributed by atoms with Crippen molar-refractivity contribution < 1.29 is 36.2 Å². The van der Waals surface area contributed by atoms with Gasteiger partial charge in [-0.15, -0.1) is 0 Å². The van der Waals surface area contributed by atoms with Crippen molar-refractivity contribution in [2.24, 2.45) is 0 Å². The zero-order valence-electron chi connectivity index (χ0n) is 7.54. The van der Waals surface area contributed by atoms with Crippen LogP contribution < -0.4 is 0 Å². The molecule has 0 spiro atoms. The van der Waals surface area contributed by atoms with Gasteiger partial charge in [-0.05, 0) is 13.3 Å². The smallest absolute Gasteiger partial charge is 0.366 e. The highest BCUT2D eigenvalue weighted by Gasteiger charge is 2.76. The molecule has 1 atom stereocenters. The monoisotopic (exact) mass is 238 g/mol. The van der Waals surface area contributed by atoms with E-state index < -0.39 is 36.6 Å². The third-order valence-corrected chi connectivity index (χ3v) is 2.25. The third kappa shape index (κ3) is 1.92. The van der Waals surface area contributed by atoms with Crippen LogP contribution in [0.25, 0.3) is 0 Å². The van der Waals surface area contributed by atoms with Crippen LogP contribution in [0.3, 0.4) is 0 Å². The summed E-state index contributed by atoms with van der Waals surface area (Å²) >= 11 is 0. The molecular weight excluding hydrogens is 230 g/mol. The first-order chi connectivity index (χ1) is 6.41. The van der Waals surface area contributed by atoms with E-state index in [0.717, 1.165) is 6.92 Å². The average Bonchev–Trinajstić information content (AvgIpc) is 2.23. The highest BCUT2D eigenvalue weighted by Crippen LogP contribution is 2.54. The molecule has 1 fully saturated rings. The third-order valence-electron chi connectivity index (χ3n) is 2.25. The number of alkyl halides is 6. The Morgan fingerprint density at radius 2 is 1.40 bits per heavy atom. The second-order valence-corrected chi connectivity index (χ2v) is 3.60. The zero-order valence-corrected chi connectivity index (χ0v) is 7.54. The van der Waals surface area contributed by atoms with E-state index in [1.54, 1.807) is 0 Å². The molecule has 0 aromatic rings. The summed E-state index contributed by atoms with van der Waals surface area (Å²) in [6.07, 6.45) is -13.2. The Hall–Kier alpha value is -0.500. The largest absolute Gasteiger partial charge is 0.426 e. The molecule has 1 rings (SSSR count). The van der Waals surface area contributed by atoms with Crippen LogP contribution >= 0.6 is 0 Å². The maximum absolute atomic E-state index is 12.3. The van der Waals surface area contributed by atoms with Crippen LogP contribution in [0, 0.1) is 0 Å². The Morgan fingerprint density at radius 1 is 1.00 bits per heavy atom. The average molecular weight is 238 g/mol. The van der Waals surface area contributed by atoms with Gasteiger partial charge in [0, 0.05) is 6.42 Å². The number of halogens is 6. The summed E-state index contributed by atoms with van der Waals surface area (Å²) in [4.78, 5) is 0. The van der Waals surface area contributed by atoms with Crippen molar-refractivity contribution in [3.8, 4) is 0 Å². The van der Waals surface area contributed by atoms with Gasteiger partial charge in [-0.25, -0.2) is 0 Å². The molecule has 1 unspecified atom stereocenters. The summed E-state index contributed by atoms with van der Waals surface area (Å²) in [6, 6.07) is 0. The van der Waals surface area contributed by atoms with Crippen molar-refractivity contribution in [2.75, 3.05) is 0 Å². The summed E-state index contributed by atoms with van der Waals surface area (Å²) < 4.78 is 77.6. The molecule has 0 aromatic carbocycles. The summed E-state index contributed by atoms with van der Waals surface area (Å²) in [5.74, 6) is -2.40. The zero-order chi connectivity index (χ0) is 12.1. The minimum Gasteiger partial charge on any atom is -0.366 e. The predicted octanol–water partition coefficient (Wildman–Crippen LogP) is 2.37. The lowest BCUT2D eigenvalue weighted by atomic mass is 9.98. The van der Waals surface area contributed by atoms with E-state index in [0.29, 0.717) is 0 Å². The lowest BCUT2D eigenvalue weighted by Crippen LogP contribution is -2.57. The molecule has 0 aromatic heterocycles. The summed E-state index contributed by atoms with van der Waals surface area (Å²) in [5.41, 5.74) is -4.25. The standard InChI is InChI=1S/C7H8F6O2/c1-4(14)2-3-5(15-4,6(8,9)10)7(11,12)13/h14H,2-3H2,1H3. The van der Waals surface area contributed by atoms with Gasteiger partial charge in [0.25, 0.3) is 5.60 Å². The quantitative estimate of drug-likeness (QED) is 0.656. The van der Waals surface area contributed by atoms with E-state index in [-0.39, 0.29) is 0 Å². The van der Waals surface area contributed by atoms with Crippen molar-refractivity contribution in [3.05, 3.63) is 0 Å². The van der Waals surface area contributed by atoms with Gasteiger partial charge in [0.05, 0.1) is 0 Å². The van der Waals surface area contributed by atoms with Crippen molar-refractivity contribution >= 4 is 0 Å². The van der Waals surface area contributed by atoms with E-state index in [1.807, 2.05) is 0 Å². The van der Waals surface area contributed by atoms with E-state index in [2.05, 4.69) is 4.74 Å². The number of ether oxygens (including phenoxy) is 1. The molecule has 15 heavy (non-hydrogen) atoms. The Balaban J connectivity index is 3.13. The van der Waals surface area contributed by atoms with Crippen LogP contribution in [0.1, 0.15) is 19.8 Å². The maximum atomic E-state index is 12.3. The predicted molar refractivity (Wildman–Crippen MR) is 35.8 cm³/mol. The molecule has 0 saturated carbocycles. The second-order valence-electron chi connectivity index (χ2n) is 3.60. The molecule has 1 heterocycles. The molecule has 1 aliphatic heterocycles. The van der Waals surface area contributed by atoms with Gasteiger partial charge in [-0.2, -0.15) is 26.3 Å². The normalized spacial score (nSPS) is 32.0. The molecule has 1 N–H and O–H groups in total. The Bertz CT molecular complexity index is 239. The Kier molecular flexibility index (Phi) is 2.52. The van der Waals surface area contributed by atoms with Gasteiger partial charge in [0.15, 0.2) is 5.79 Å². The van der Waals surface area contributed by atoms with Crippen LogP contribution in [0.4, 0.5) is 26.3 Å². The van der Waals surface area contributed by atoms with E-state index in [4.69, 9.17) is 5.11 Å². The van der Waals surface area contributed by atoms with E-state index >= 15 is 0 Å². The first-order valence-electron chi connectivity index (χ1n) is 3.97. The van der Waals surface area contributed by atoms with Gasteiger partial charge in [-0.3, -0.25) is 0 Å². The molecule has 0 aliphatic carbocycles. The molecule has 1 saturated heterocycles. The van der Waals surface area contributed by atoms with Crippen LogP contribution in [0.15, 0.2) is 0 Å². The summed E-state index contributed by atoms with van der Waals surface area (Å²) in [7, 11) is 0. The minimum absolute atomic E-state index is 0.716. The summed E-state index contributed by atoms with van der Waals surface area (Å²) in [5, 5.41) is 9.03. The fraction of sp³-hybridized carbons (Fsp3) is 1.00. The number of hydrogen-bond donors (Lipinski definition) is 1.